The van der Waals surface area contributed by atoms with Gasteiger partial charge in [-0.25, -0.2) is 4.79 Å². The molecule has 1 fully saturated rings. The number of aromatic nitrogens is 1. The monoisotopic (exact) mass is 300 g/mol. The molecule has 0 aliphatic carbocycles. The van der Waals surface area contributed by atoms with Crippen LogP contribution in [0.4, 0.5) is 0 Å². The molecular weight excluding hydrogens is 280 g/mol. The number of carbonyl (C=O) groups is 1. The van der Waals surface area contributed by atoms with Crippen molar-refractivity contribution >= 4 is 5.97 Å². The standard InChI is InChI=1S/C17H20N2O3/c1-12-11-15(18-22-12)16-7-4-9-19(16)10-8-13-5-2-3-6-14(13)17(20)21/h2-3,5-6,11,16H,4,7-10H2,1H3,(H,20,21). The van der Waals surface area contributed by atoms with Crippen LogP contribution in [0, 0.1) is 6.92 Å². The van der Waals surface area contributed by atoms with Crippen LogP contribution >= 0.6 is 0 Å². The lowest BCUT2D eigenvalue weighted by Gasteiger charge is -2.22. The lowest BCUT2D eigenvalue weighted by molar-refractivity contribution is 0.0695. The highest BCUT2D eigenvalue weighted by atomic mass is 16.5. The Labute approximate surface area is 129 Å². The third-order valence-electron chi connectivity index (χ3n) is 4.27. The Balaban J connectivity index is 1.69. The van der Waals surface area contributed by atoms with E-state index in [4.69, 9.17) is 4.52 Å². The van der Waals surface area contributed by atoms with E-state index in [-0.39, 0.29) is 6.04 Å². The Morgan fingerprint density at radius 3 is 3.00 bits per heavy atom. The fraction of sp³-hybridized carbons (Fsp3) is 0.412. The van der Waals surface area contributed by atoms with E-state index >= 15 is 0 Å². The average Bonchev–Trinajstić information content (AvgIpc) is 3.13. The molecule has 0 radical (unpaired) electrons. The van der Waals surface area contributed by atoms with Crippen molar-refractivity contribution < 1.29 is 14.4 Å². The maximum Gasteiger partial charge on any atom is 0.335 e. The van der Waals surface area contributed by atoms with Crippen LogP contribution in [0.25, 0.3) is 0 Å². The van der Waals surface area contributed by atoms with Crippen molar-refractivity contribution in [2.45, 2.75) is 32.2 Å². The maximum absolute atomic E-state index is 11.3. The molecule has 5 nitrogen and oxygen atoms in total. The molecule has 5 heteroatoms. The molecule has 2 heterocycles. The van der Waals surface area contributed by atoms with Crippen molar-refractivity contribution in [1.82, 2.24) is 10.1 Å². The van der Waals surface area contributed by atoms with Crippen molar-refractivity contribution in [1.29, 1.82) is 0 Å². The van der Waals surface area contributed by atoms with Crippen LogP contribution in [0.5, 0.6) is 0 Å². The second-order valence-corrected chi connectivity index (χ2v) is 5.77. The average molecular weight is 300 g/mol. The van der Waals surface area contributed by atoms with Crippen LogP contribution in [0.3, 0.4) is 0 Å². The molecule has 1 N–H and O–H groups in total. The highest BCUT2D eigenvalue weighted by Crippen LogP contribution is 2.31. The van der Waals surface area contributed by atoms with Gasteiger partial charge in [0, 0.05) is 12.6 Å². The Bertz CT molecular complexity index is 665. The number of aromatic carboxylic acids is 1. The van der Waals surface area contributed by atoms with Crippen LogP contribution in [-0.4, -0.2) is 34.2 Å². The summed E-state index contributed by atoms with van der Waals surface area (Å²) in [4.78, 5) is 13.6. The van der Waals surface area contributed by atoms with Gasteiger partial charge in [0.25, 0.3) is 0 Å². The number of rotatable bonds is 5. The summed E-state index contributed by atoms with van der Waals surface area (Å²) in [6.45, 7) is 3.76. The van der Waals surface area contributed by atoms with E-state index in [9.17, 15) is 9.90 Å². The van der Waals surface area contributed by atoms with Gasteiger partial charge in [0.2, 0.25) is 0 Å². The number of hydrogen-bond acceptors (Lipinski definition) is 4. The van der Waals surface area contributed by atoms with Crippen molar-refractivity contribution in [3.8, 4) is 0 Å². The van der Waals surface area contributed by atoms with E-state index in [0.29, 0.717) is 5.56 Å². The summed E-state index contributed by atoms with van der Waals surface area (Å²) in [5.41, 5.74) is 2.27. The van der Waals surface area contributed by atoms with E-state index in [1.807, 2.05) is 25.1 Å². The molecule has 1 aromatic carbocycles. The Morgan fingerprint density at radius 2 is 2.27 bits per heavy atom. The lowest BCUT2D eigenvalue weighted by atomic mass is 10.0. The topological polar surface area (TPSA) is 66.6 Å². The van der Waals surface area contributed by atoms with Crippen LogP contribution in [0.15, 0.2) is 34.9 Å². The molecule has 0 spiro atoms. The minimum atomic E-state index is -0.860. The molecule has 0 bridgehead atoms. The van der Waals surface area contributed by atoms with E-state index < -0.39 is 5.97 Å². The molecule has 116 valence electrons. The smallest absolute Gasteiger partial charge is 0.335 e. The molecule has 1 aromatic heterocycles. The largest absolute Gasteiger partial charge is 0.478 e. The third-order valence-corrected chi connectivity index (χ3v) is 4.27. The molecule has 1 unspecified atom stereocenters. The van der Waals surface area contributed by atoms with Crippen LogP contribution in [0.2, 0.25) is 0 Å². The number of aryl methyl sites for hydroxylation is 1. The molecule has 1 saturated heterocycles. The number of hydrogen-bond donors (Lipinski definition) is 1. The fourth-order valence-electron chi connectivity index (χ4n) is 3.18. The predicted molar refractivity (Wildman–Crippen MR) is 81.9 cm³/mol. The first-order valence-electron chi connectivity index (χ1n) is 7.63. The zero-order valence-electron chi connectivity index (χ0n) is 12.7. The Kier molecular flexibility index (Phi) is 4.24. The Hall–Kier alpha value is -2.14. The third kappa shape index (κ3) is 3.04. The lowest BCUT2D eigenvalue weighted by Crippen LogP contribution is -2.26. The number of benzene rings is 1. The summed E-state index contributed by atoms with van der Waals surface area (Å²) in [7, 11) is 0. The normalized spacial score (nSPS) is 18.7. The first-order valence-corrected chi connectivity index (χ1v) is 7.63. The summed E-state index contributed by atoms with van der Waals surface area (Å²) < 4.78 is 5.18. The van der Waals surface area contributed by atoms with Gasteiger partial charge in [-0.1, -0.05) is 23.4 Å². The highest BCUT2D eigenvalue weighted by molar-refractivity contribution is 5.89. The summed E-state index contributed by atoms with van der Waals surface area (Å²) in [5, 5.41) is 13.4. The highest BCUT2D eigenvalue weighted by Gasteiger charge is 2.28. The SMILES string of the molecule is Cc1cc(C2CCCN2CCc2ccccc2C(=O)O)no1. The first kappa shape index (κ1) is 14.8. The van der Waals surface area contributed by atoms with Crippen LogP contribution < -0.4 is 0 Å². The van der Waals surface area contributed by atoms with Gasteiger partial charge >= 0.3 is 5.97 Å². The number of likely N-dealkylation sites (tertiary alicyclic amines) is 1. The first-order chi connectivity index (χ1) is 10.6. The molecule has 22 heavy (non-hydrogen) atoms. The molecule has 0 saturated carbocycles. The van der Waals surface area contributed by atoms with Crippen molar-refractivity contribution in [2.24, 2.45) is 0 Å². The van der Waals surface area contributed by atoms with Gasteiger partial charge in [-0.3, -0.25) is 4.90 Å². The summed E-state index contributed by atoms with van der Waals surface area (Å²) in [6, 6.07) is 9.51. The molecule has 1 atom stereocenters. The van der Waals surface area contributed by atoms with Crippen LogP contribution in [-0.2, 0) is 6.42 Å². The minimum Gasteiger partial charge on any atom is -0.478 e. The second-order valence-electron chi connectivity index (χ2n) is 5.77. The number of carboxylic acid groups (broad SMARTS) is 1. The van der Waals surface area contributed by atoms with Crippen molar-refractivity contribution in [2.75, 3.05) is 13.1 Å². The summed E-state index contributed by atoms with van der Waals surface area (Å²) >= 11 is 0. The quantitative estimate of drug-likeness (QED) is 0.919. The Morgan fingerprint density at radius 1 is 1.45 bits per heavy atom. The molecule has 1 aliphatic rings. The maximum atomic E-state index is 11.3. The molecular formula is C17H20N2O3. The van der Waals surface area contributed by atoms with Gasteiger partial charge in [-0.05, 0) is 44.4 Å². The van der Waals surface area contributed by atoms with E-state index in [2.05, 4.69) is 10.1 Å². The van der Waals surface area contributed by atoms with E-state index in [0.717, 1.165) is 49.4 Å². The molecule has 0 amide bonds. The summed E-state index contributed by atoms with van der Waals surface area (Å²) in [5.74, 6) is -0.0289. The van der Waals surface area contributed by atoms with Crippen LogP contribution in [0.1, 0.15) is 46.3 Å². The van der Waals surface area contributed by atoms with Crippen molar-refractivity contribution in [3.63, 3.8) is 0 Å². The van der Waals surface area contributed by atoms with Gasteiger partial charge in [0.15, 0.2) is 0 Å². The number of nitrogens with zero attached hydrogens (tertiary/aromatic N) is 2. The van der Waals surface area contributed by atoms with E-state index in [1.54, 1.807) is 12.1 Å². The summed E-state index contributed by atoms with van der Waals surface area (Å²) in [6.07, 6.45) is 2.94. The zero-order valence-corrected chi connectivity index (χ0v) is 12.7. The van der Waals surface area contributed by atoms with Crippen molar-refractivity contribution in [3.05, 3.63) is 52.9 Å². The molecule has 3 rings (SSSR count). The molecule has 1 aliphatic heterocycles. The molecule has 2 aromatic rings. The fourth-order valence-corrected chi connectivity index (χ4v) is 3.18. The van der Waals surface area contributed by atoms with E-state index in [1.165, 1.54) is 0 Å². The van der Waals surface area contributed by atoms with Gasteiger partial charge < -0.3 is 9.63 Å². The van der Waals surface area contributed by atoms with Gasteiger partial charge in [0.05, 0.1) is 11.6 Å². The second kappa shape index (κ2) is 6.32. The van der Waals surface area contributed by atoms with Gasteiger partial charge in [-0.2, -0.15) is 0 Å². The number of carboxylic acids is 1. The minimum absolute atomic E-state index is 0.287. The zero-order chi connectivity index (χ0) is 15.5. The van der Waals surface area contributed by atoms with Gasteiger partial charge in [-0.15, -0.1) is 0 Å². The predicted octanol–water partition coefficient (Wildman–Crippen LogP) is 3.06. The van der Waals surface area contributed by atoms with Gasteiger partial charge in [0.1, 0.15) is 11.5 Å².